The minimum absolute atomic E-state index is 0.00540. The molecule has 0 aromatic heterocycles. The molecule has 26 heavy (non-hydrogen) atoms. The van der Waals surface area contributed by atoms with Crippen LogP contribution in [0, 0.1) is 0 Å². The van der Waals surface area contributed by atoms with E-state index in [0.29, 0.717) is 30.2 Å². The Morgan fingerprint density at radius 2 is 2.04 bits per heavy atom. The Morgan fingerprint density at radius 3 is 2.96 bits per heavy atom. The minimum atomic E-state index is -0.215. The fourth-order valence-electron chi connectivity index (χ4n) is 3.22. The predicted octanol–water partition coefficient (Wildman–Crippen LogP) is 2.06. The fourth-order valence-corrected chi connectivity index (χ4v) is 3.22. The van der Waals surface area contributed by atoms with Crippen molar-refractivity contribution in [3.8, 4) is 5.75 Å². The van der Waals surface area contributed by atoms with E-state index in [1.807, 2.05) is 0 Å². The number of carbonyl (C=O) groups excluding carboxylic acids is 2. The molecule has 134 valence electrons. The maximum absolute atomic E-state index is 12.4. The topological polar surface area (TPSA) is 76.7 Å². The lowest BCUT2D eigenvalue weighted by molar-refractivity contribution is -0.118. The van der Waals surface area contributed by atoms with Gasteiger partial charge in [0.1, 0.15) is 5.75 Å². The van der Waals surface area contributed by atoms with Gasteiger partial charge in [-0.15, -0.1) is 0 Å². The molecule has 2 aliphatic heterocycles. The molecule has 0 saturated heterocycles. The number of fused-ring (bicyclic) bond motifs is 2. The van der Waals surface area contributed by atoms with E-state index in [9.17, 15) is 9.59 Å². The van der Waals surface area contributed by atoms with Crippen molar-refractivity contribution in [1.29, 1.82) is 0 Å². The third-order valence-electron chi connectivity index (χ3n) is 4.62. The second-order valence-electron chi connectivity index (χ2n) is 6.46. The third-order valence-corrected chi connectivity index (χ3v) is 4.62. The van der Waals surface area contributed by atoms with Crippen LogP contribution in [0.15, 0.2) is 36.4 Å². The van der Waals surface area contributed by atoms with Crippen LogP contribution in [0.3, 0.4) is 0 Å². The number of ether oxygens (including phenoxy) is 2. The normalized spacial score (nSPS) is 15.3. The lowest BCUT2D eigenvalue weighted by Crippen LogP contribution is -2.28. The first-order chi connectivity index (χ1) is 12.7. The van der Waals surface area contributed by atoms with E-state index < -0.39 is 0 Å². The summed E-state index contributed by atoms with van der Waals surface area (Å²) in [5, 5.41) is 5.64. The van der Waals surface area contributed by atoms with Crippen molar-refractivity contribution in [3.63, 3.8) is 0 Å². The molecule has 0 unspecified atom stereocenters. The Kier molecular flexibility index (Phi) is 4.58. The van der Waals surface area contributed by atoms with Gasteiger partial charge in [0.05, 0.1) is 18.9 Å². The molecule has 0 aliphatic carbocycles. The van der Waals surface area contributed by atoms with Crippen LogP contribution in [-0.2, 0) is 29.0 Å². The zero-order chi connectivity index (χ0) is 17.9. The maximum atomic E-state index is 12.4. The molecule has 0 atom stereocenters. The second-order valence-corrected chi connectivity index (χ2v) is 6.46. The molecule has 2 aliphatic rings. The first kappa shape index (κ1) is 16.6. The van der Waals surface area contributed by atoms with Crippen molar-refractivity contribution in [3.05, 3.63) is 58.7 Å². The average molecular weight is 352 g/mol. The molecule has 0 spiro atoms. The van der Waals surface area contributed by atoms with E-state index in [1.165, 1.54) is 16.7 Å². The third kappa shape index (κ3) is 3.55. The quantitative estimate of drug-likeness (QED) is 0.883. The smallest absolute Gasteiger partial charge is 0.262 e. The number of amides is 2. The van der Waals surface area contributed by atoms with E-state index in [2.05, 4.69) is 28.8 Å². The highest BCUT2D eigenvalue weighted by Gasteiger charge is 2.17. The maximum Gasteiger partial charge on any atom is 0.262 e. The van der Waals surface area contributed by atoms with Crippen LogP contribution in [0.1, 0.15) is 27.0 Å². The van der Waals surface area contributed by atoms with Gasteiger partial charge in [-0.3, -0.25) is 9.59 Å². The number of benzene rings is 2. The van der Waals surface area contributed by atoms with E-state index in [0.717, 1.165) is 19.4 Å². The lowest BCUT2D eigenvalue weighted by Gasteiger charge is -2.18. The first-order valence-corrected chi connectivity index (χ1v) is 8.72. The molecule has 6 heteroatoms. The Balaban J connectivity index is 1.35. The number of hydrogen-bond donors (Lipinski definition) is 2. The van der Waals surface area contributed by atoms with Gasteiger partial charge in [0.25, 0.3) is 11.8 Å². The highest BCUT2D eigenvalue weighted by atomic mass is 16.5. The molecule has 2 N–H and O–H groups in total. The molecular formula is C20H20N2O4. The summed E-state index contributed by atoms with van der Waals surface area (Å²) < 4.78 is 10.8. The standard InChI is InChI=1S/C20H20N2O4/c23-19-12-26-18-4-3-15(10-17(18)22-19)20(24)21-7-5-13-1-2-16-11-25-8-6-14(16)9-13/h1-4,9-10H,5-8,11-12H2,(H,21,24)(H,22,23). The Hall–Kier alpha value is -2.86. The highest BCUT2D eigenvalue weighted by Crippen LogP contribution is 2.28. The summed E-state index contributed by atoms with van der Waals surface area (Å²) >= 11 is 0. The number of anilines is 1. The Labute approximate surface area is 151 Å². The molecule has 2 amide bonds. The van der Waals surface area contributed by atoms with Crippen molar-refractivity contribution >= 4 is 17.5 Å². The number of nitrogens with one attached hydrogen (secondary N) is 2. The molecule has 0 radical (unpaired) electrons. The SMILES string of the molecule is O=C1COc2ccc(C(=O)NCCc3ccc4c(c3)CCOC4)cc2N1. The van der Waals surface area contributed by atoms with E-state index >= 15 is 0 Å². The molecule has 2 aromatic rings. The van der Waals surface area contributed by atoms with Crippen molar-refractivity contribution < 1.29 is 19.1 Å². The zero-order valence-electron chi connectivity index (χ0n) is 14.3. The van der Waals surface area contributed by atoms with Gasteiger partial charge in [-0.2, -0.15) is 0 Å². The largest absolute Gasteiger partial charge is 0.482 e. The van der Waals surface area contributed by atoms with Crippen molar-refractivity contribution in [2.75, 3.05) is 25.1 Å². The van der Waals surface area contributed by atoms with Crippen molar-refractivity contribution in [1.82, 2.24) is 5.32 Å². The molecule has 0 fully saturated rings. The fraction of sp³-hybridized carbons (Fsp3) is 0.300. The summed E-state index contributed by atoms with van der Waals surface area (Å²) in [6.07, 6.45) is 1.71. The number of carbonyl (C=O) groups is 2. The first-order valence-electron chi connectivity index (χ1n) is 8.72. The van der Waals surface area contributed by atoms with Crippen LogP contribution in [0.2, 0.25) is 0 Å². The summed E-state index contributed by atoms with van der Waals surface area (Å²) in [6, 6.07) is 11.4. The van der Waals surface area contributed by atoms with E-state index in [-0.39, 0.29) is 18.4 Å². The van der Waals surface area contributed by atoms with Gasteiger partial charge >= 0.3 is 0 Å². The van der Waals surface area contributed by atoms with Gasteiger partial charge in [-0.25, -0.2) is 0 Å². The summed E-state index contributed by atoms with van der Waals surface area (Å²) in [7, 11) is 0. The van der Waals surface area contributed by atoms with Crippen LogP contribution in [0.25, 0.3) is 0 Å². The van der Waals surface area contributed by atoms with Crippen molar-refractivity contribution in [2.24, 2.45) is 0 Å². The minimum Gasteiger partial charge on any atom is -0.482 e. The van der Waals surface area contributed by atoms with Gasteiger partial charge in [0, 0.05) is 12.1 Å². The predicted molar refractivity (Wildman–Crippen MR) is 96.4 cm³/mol. The van der Waals surface area contributed by atoms with Crippen LogP contribution in [0.5, 0.6) is 5.75 Å². The highest BCUT2D eigenvalue weighted by molar-refractivity contribution is 5.99. The zero-order valence-corrected chi connectivity index (χ0v) is 14.3. The molecule has 6 nitrogen and oxygen atoms in total. The Bertz CT molecular complexity index is 863. The van der Waals surface area contributed by atoms with Gasteiger partial charge in [0.15, 0.2) is 6.61 Å². The summed E-state index contributed by atoms with van der Waals surface area (Å²) in [4.78, 5) is 23.7. The molecule has 0 saturated carbocycles. The van der Waals surface area contributed by atoms with Gasteiger partial charge in [-0.1, -0.05) is 18.2 Å². The summed E-state index contributed by atoms with van der Waals surface area (Å²) in [6.45, 7) is 2.01. The van der Waals surface area contributed by atoms with Crippen LogP contribution in [-0.4, -0.2) is 31.6 Å². The number of rotatable bonds is 4. The van der Waals surface area contributed by atoms with Crippen molar-refractivity contribution in [2.45, 2.75) is 19.4 Å². The van der Waals surface area contributed by atoms with Gasteiger partial charge in [-0.05, 0) is 47.7 Å². The van der Waals surface area contributed by atoms with Gasteiger partial charge in [0.2, 0.25) is 0 Å². The lowest BCUT2D eigenvalue weighted by atomic mass is 9.99. The average Bonchev–Trinajstić information content (AvgIpc) is 2.67. The van der Waals surface area contributed by atoms with E-state index in [1.54, 1.807) is 18.2 Å². The summed E-state index contributed by atoms with van der Waals surface area (Å²) in [5.41, 5.74) is 4.83. The summed E-state index contributed by atoms with van der Waals surface area (Å²) in [5.74, 6) is 0.200. The van der Waals surface area contributed by atoms with Crippen LogP contribution < -0.4 is 15.4 Å². The van der Waals surface area contributed by atoms with Crippen LogP contribution >= 0.6 is 0 Å². The Morgan fingerprint density at radius 1 is 1.12 bits per heavy atom. The molecular weight excluding hydrogens is 332 g/mol. The van der Waals surface area contributed by atoms with E-state index in [4.69, 9.17) is 9.47 Å². The van der Waals surface area contributed by atoms with Gasteiger partial charge < -0.3 is 20.1 Å². The monoisotopic (exact) mass is 352 g/mol. The molecule has 2 heterocycles. The molecule has 2 aromatic carbocycles. The molecule has 4 rings (SSSR count). The number of hydrogen-bond acceptors (Lipinski definition) is 4. The molecule has 0 bridgehead atoms. The van der Waals surface area contributed by atoms with Crippen LogP contribution in [0.4, 0.5) is 5.69 Å². The second kappa shape index (κ2) is 7.17.